The Morgan fingerprint density at radius 2 is 2.38 bits per heavy atom. The average molecular weight is 226 g/mol. The largest absolute Gasteiger partial charge is 0.378 e. The van der Waals surface area contributed by atoms with E-state index in [0.717, 1.165) is 39.0 Å². The summed E-state index contributed by atoms with van der Waals surface area (Å²) in [5, 5.41) is 6.43. The minimum Gasteiger partial charge on any atom is -0.378 e. The Labute approximate surface area is 97.1 Å². The smallest absolute Gasteiger partial charge is 0.227 e. The van der Waals surface area contributed by atoms with Crippen molar-refractivity contribution >= 4 is 5.91 Å². The van der Waals surface area contributed by atoms with Gasteiger partial charge in [-0.15, -0.1) is 0 Å². The highest BCUT2D eigenvalue weighted by molar-refractivity contribution is 5.83. The molecule has 4 nitrogen and oxygen atoms in total. The van der Waals surface area contributed by atoms with E-state index < -0.39 is 0 Å². The first kappa shape index (κ1) is 11.9. The van der Waals surface area contributed by atoms with Crippen LogP contribution in [-0.2, 0) is 9.53 Å². The molecule has 2 heterocycles. The van der Waals surface area contributed by atoms with Crippen LogP contribution in [0.15, 0.2) is 0 Å². The molecule has 2 aliphatic heterocycles. The minimum atomic E-state index is -0.207. The summed E-state index contributed by atoms with van der Waals surface area (Å²) in [4.78, 5) is 12.2. The van der Waals surface area contributed by atoms with Crippen molar-refractivity contribution in [1.29, 1.82) is 0 Å². The summed E-state index contributed by atoms with van der Waals surface area (Å²) >= 11 is 0. The number of hydrogen-bond acceptors (Lipinski definition) is 3. The Morgan fingerprint density at radius 1 is 1.56 bits per heavy atom. The van der Waals surface area contributed by atoms with Crippen molar-refractivity contribution in [2.75, 3.05) is 19.7 Å². The van der Waals surface area contributed by atoms with Crippen LogP contribution < -0.4 is 10.6 Å². The summed E-state index contributed by atoms with van der Waals surface area (Å²) in [6.45, 7) is 6.63. The van der Waals surface area contributed by atoms with E-state index in [9.17, 15) is 4.79 Å². The maximum atomic E-state index is 12.2. The summed E-state index contributed by atoms with van der Waals surface area (Å²) in [7, 11) is 0. The lowest BCUT2D eigenvalue weighted by Crippen LogP contribution is -2.48. The van der Waals surface area contributed by atoms with Crippen LogP contribution in [0.5, 0.6) is 0 Å². The molecule has 0 bridgehead atoms. The summed E-state index contributed by atoms with van der Waals surface area (Å²) in [6, 6.07) is 0.300. The molecule has 0 aromatic heterocycles. The fraction of sp³-hybridized carbons (Fsp3) is 0.917. The number of carbonyl (C=O) groups is 1. The van der Waals surface area contributed by atoms with E-state index in [1.54, 1.807) is 0 Å². The molecule has 0 aliphatic carbocycles. The monoisotopic (exact) mass is 226 g/mol. The van der Waals surface area contributed by atoms with Crippen molar-refractivity contribution in [2.24, 2.45) is 5.41 Å². The molecule has 2 rings (SSSR count). The molecule has 2 saturated heterocycles. The minimum absolute atomic E-state index is 0.205. The lowest BCUT2D eigenvalue weighted by molar-refractivity contribution is -0.130. The molecule has 2 aliphatic rings. The van der Waals surface area contributed by atoms with Crippen LogP contribution in [0.3, 0.4) is 0 Å². The number of amides is 1. The lowest BCUT2D eigenvalue weighted by Gasteiger charge is -2.31. The van der Waals surface area contributed by atoms with E-state index in [1.807, 2.05) is 6.92 Å². The Morgan fingerprint density at radius 3 is 3.00 bits per heavy atom. The highest BCUT2D eigenvalue weighted by atomic mass is 16.5. The number of nitrogens with one attached hydrogen (secondary N) is 2. The molecule has 2 N–H and O–H groups in total. The molecule has 4 heteroatoms. The molecule has 0 radical (unpaired) electrons. The van der Waals surface area contributed by atoms with Gasteiger partial charge in [0.1, 0.15) is 0 Å². The van der Waals surface area contributed by atoms with Gasteiger partial charge in [-0.1, -0.05) is 0 Å². The van der Waals surface area contributed by atoms with E-state index in [0.29, 0.717) is 6.04 Å². The molecule has 16 heavy (non-hydrogen) atoms. The van der Waals surface area contributed by atoms with Crippen molar-refractivity contribution in [1.82, 2.24) is 10.6 Å². The van der Waals surface area contributed by atoms with Crippen molar-refractivity contribution in [3.8, 4) is 0 Å². The zero-order valence-corrected chi connectivity index (χ0v) is 10.2. The molecule has 0 saturated carbocycles. The van der Waals surface area contributed by atoms with E-state index in [-0.39, 0.29) is 17.4 Å². The fourth-order valence-electron chi connectivity index (χ4n) is 2.50. The molecular formula is C12H22N2O2. The summed E-state index contributed by atoms with van der Waals surface area (Å²) < 4.78 is 5.48. The standard InChI is InChI=1S/C12H22N2O2/c1-9-7-10(3-6-16-9)14-11(15)12(2)4-5-13-8-12/h9-10,13H,3-8H2,1-2H3,(H,14,15). The zero-order valence-electron chi connectivity index (χ0n) is 10.2. The molecule has 0 aromatic rings. The molecule has 1 amide bonds. The van der Waals surface area contributed by atoms with Crippen LogP contribution in [0.2, 0.25) is 0 Å². The van der Waals surface area contributed by atoms with E-state index >= 15 is 0 Å². The predicted octanol–water partition coefficient (Wildman–Crippen LogP) is 0.670. The highest BCUT2D eigenvalue weighted by Crippen LogP contribution is 2.25. The Hall–Kier alpha value is -0.610. The molecule has 92 valence electrons. The molecule has 3 unspecified atom stereocenters. The van der Waals surface area contributed by atoms with Gasteiger partial charge in [-0.25, -0.2) is 0 Å². The second-order valence-corrected chi connectivity index (χ2v) is 5.36. The van der Waals surface area contributed by atoms with Crippen molar-refractivity contribution in [2.45, 2.75) is 45.3 Å². The van der Waals surface area contributed by atoms with Crippen LogP contribution in [0.4, 0.5) is 0 Å². The number of hydrogen-bond donors (Lipinski definition) is 2. The summed E-state index contributed by atoms with van der Waals surface area (Å²) in [6.07, 6.45) is 3.10. The van der Waals surface area contributed by atoms with Crippen LogP contribution in [0, 0.1) is 5.41 Å². The number of carbonyl (C=O) groups excluding carboxylic acids is 1. The predicted molar refractivity (Wildman–Crippen MR) is 62.2 cm³/mol. The summed E-state index contributed by atoms with van der Waals surface area (Å²) in [5.41, 5.74) is -0.207. The number of ether oxygens (including phenoxy) is 1. The van der Waals surface area contributed by atoms with E-state index in [2.05, 4.69) is 17.6 Å². The Balaban J connectivity index is 1.86. The van der Waals surface area contributed by atoms with Gasteiger partial charge in [-0.2, -0.15) is 0 Å². The van der Waals surface area contributed by atoms with Gasteiger partial charge >= 0.3 is 0 Å². The Bertz CT molecular complexity index is 262. The van der Waals surface area contributed by atoms with E-state index in [4.69, 9.17) is 4.74 Å². The average Bonchev–Trinajstić information content (AvgIpc) is 2.66. The third kappa shape index (κ3) is 2.55. The maximum Gasteiger partial charge on any atom is 0.227 e. The molecule has 0 aromatic carbocycles. The first-order valence-electron chi connectivity index (χ1n) is 6.23. The highest BCUT2D eigenvalue weighted by Gasteiger charge is 2.37. The van der Waals surface area contributed by atoms with Gasteiger partial charge < -0.3 is 15.4 Å². The van der Waals surface area contributed by atoms with Gasteiger partial charge in [0.15, 0.2) is 0 Å². The van der Waals surface area contributed by atoms with Gasteiger partial charge in [0.2, 0.25) is 5.91 Å². The quantitative estimate of drug-likeness (QED) is 0.727. The molecule has 3 atom stereocenters. The van der Waals surface area contributed by atoms with Crippen LogP contribution in [0.1, 0.15) is 33.1 Å². The Kier molecular flexibility index (Phi) is 3.50. The third-order valence-corrected chi connectivity index (χ3v) is 3.74. The molecular weight excluding hydrogens is 204 g/mol. The molecule has 0 spiro atoms. The molecule has 2 fully saturated rings. The first-order valence-corrected chi connectivity index (χ1v) is 6.23. The van der Waals surface area contributed by atoms with E-state index in [1.165, 1.54) is 0 Å². The normalized spacial score (nSPS) is 39.6. The zero-order chi connectivity index (χ0) is 11.6. The van der Waals surface area contributed by atoms with Gasteiger partial charge in [-0.3, -0.25) is 4.79 Å². The first-order chi connectivity index (χ1) is 7.60. The van der Waals surface area contributed by atoms with Gasteiger partial charge in [0.25, 0.3) is 0 Å². The van der Waals surface area contributed by atoms with Gasteiger partial charge in [-0.05, 0) is 39.7 Å². The van der Waals surface area contributed by atoms with Crippen molar-refractivity contribution in [3.05, 3.63) is 0 Å². The topological polar surface area (TPSA) is 50.4 Å². The lowest BCUT2D eigenvalue weighted by atomic mass is 9.88. The fourth-order valence-corrected chi connectivity index (χ4v) is 2.50. The summed E-state index contributed by atoms with van der Waals surface area (Å²) in [5.74, 6) is 0.205. The van der Waals surface area contributed by atoms with Crippen LogP contribution in [-0.4, -0.2) is 37.7 Å². The second-order valence-electron chi connectivity index (χ2n) is 5.36. The maximum absolute atomic E-state index is 12.2. The second kappa shape index (κ2) is 4.72. The SMILES string of the molecule is CC1CC(NC(=O)C2(C)CCNC2)CCO1. The van der Waals surface area contributed by atoms with Crippen molar-refractivity contribution < 1.29 is 9.53 Å². The number of rotatable bonds is 2. The van der Waals surface area contributed by atoms with Crippen molar-refractivity contribution in [3.63, 3.8) is 0 Å². The van der Waals surface area contributed by atoms with Gasteiger partial charge in [0.05, 0.1) is 11.5 Å². The van der Waals surface area contributed by atoms with Gasteiger partial charge in [0, 0.05) is 19.2 Å². The van der Waals surface area contributed by atoms with Crippen LogP contribution >= 0.6 is 0 Å². The van der Waals surface area contributed by atoms with Crippen LogP contribution in [0.25, 0.3) is 0 Å². The third-order valence-electron chi connectivity index (χ3n) is 3.74.